The fourth-order valence-corrected chi connectivity index (χ4v) is 2.72. The number of carbonyl (C=O) groups is 2. The molecule has 122 valence electrons. The molecule has 0 bridgehead atoms. The molecule has 6 heteroatoms. The highest BCUT2D eigenvalue weighted by Gasteiger charge is 2.39. The average molecular weight is 306 g/mol. The quantitative estimate of drug-likeness (QED) is 0.835. The van der Waals surface area contributed by atoms with Crippen molar-refractivity contribution in [2.45, 2.75) is 52.6 Å². The summed E-state index contributed by atoms with van der Waals surface area (Å²) in [7, 11) is 0. The monoisotopic (exact) mass is 306 g/mol. The molecule has 0 aliphatic carbocycles. The molecular formula is C16H26N4O2. The van der Waals surface area contributed by atoms with E-state index in [9.17, 15) is 9.59 Å². The molecule has 0 saturated carbocycles. The van der Waals surface area contributed by atoms with Crippen LogP contribution in [0.4, 0.5) is 0 Å². The molecule has 0 aromatic carbocycles. The fraction of sp³-hybridized carbons (Fsp3) is 0.688. The Kier molecular flexibility index (Phi) is 4.88. The highest BCUT2D eigenvalue weighted by atomic mass is 16.2. The first kappa shape index (κ1) is 16.5. The SMILES string of the molecule is Cc1cnn(CCCNC(=O)[C@@H]2CC(=O)N(C(C)(C)C)C2)c1. The predicted octanol–water partition coefficient (Wildman–Crippen LogP) is 1.34. The van der Waals surface area contributed by atoms with Gasteiger partial charge in [-0.1, -0.05) is 0 Å². The van der Waals surface area contributed by atoms with Crippen LogP contribution in [0.1, 0.15) is 39.2 Å². The van der Waals surface area contributed by atoms with Crippen molar-refractivity contribution in [1.29, 1.82) is 0 Å². The van der Waals surface area contributed by atoms with Crippen molar-refractivity contribution in [2.75, 3.05) is 13.1 Å². The van der Waals surface area contributed by atoms with Crippen LogP contribution in [0.2, 0.25) is 0 Å². The molecule has 0 radical (unpaired) electrons. The zero-order valence-electron chi connectivity index (χ0n) is 13.9. The third kappa shape index (κ3) is 4.08. The number of carbonyl (C=O) groups excluding carboxylic acids is 2. The lowest BCUT2D eigenvalue weighted by Crippen LogP contribution is -2.43. The van der Waals surface area contributed by atoms with Gasteiger partial charge in [0.15, 0.2) is 0 Å². The zero-order valence-corrected chi connectivity index (χ0v) is 13.9. The van der Waals surface area contributed by atoms with E-state index in [2.05, 4.69) is 10.4 Å². The predicted molar refractivity (Wildman–Crippen MR) is 84.2 cm³/mol. The Balaban J connectivity index is 1.73. The molecule has 1 fully saturated rings. The maximum Gasteiger partial charge on any atom is 0.225 e. The molecule has 0 spiro atoms. The van der Waals surface area contributed by atoms with Gasteiger partial charge in [-0.3, -0.25) is 14.3 Å². The second-order valence-electron chi connectivity index (χ2n) is 7.00. The van der Waals surface area contributed by atoms with Crippen LogP contribution in [0.15, 0.2) is 12.4 Å². The summed E-state index contributed by atoms with van der Waals surface area (Å²) in [6.45, 7) is 9.91. The number of nitrogens with one attached hydrogen (secondary N) is 1. The molecule has 2 amide bonds. The van der Waals surface area contributed by atoms with Gasteiger partial charge in [0.1, 0.15) is 0 Å². The van der Waals surface area contributed by atoms with Crippen molar-refractivity contribution >= 4 is 11.8 Å². The lowest BCUT2D eigenvalue weighted by molar-refractivity contribution is -0.132. The van der Waals surface area contributed by atoms with Gasteiger partial charge in [-0.05, 0) is 39.7 Å². The summed E-state index contributed by atoms with van der Waals surface area (Å²) in [5, 5.41) is 7.14. The Hall–Kier alpha value is -1.85. The maximum absolute atomic E-state index is 12.2. The van der Waals surface area contributed by atoms with E-state index in [1.807, 2.05) is 44.8 Å². The summed E-state index contributed by atoms with van der Waals surface area (Å²) in [6.07, 6.45) is 4.96. The lowest BCUT2D eigenvalue weighted by Gasteiger charge is -2.31. The number of nitrogens with zero attached hydrogens (tertiary/aromatic N) is 3. The van der Waals surface area contributed by atoms with Gasteiger partial charge in [-0.15, -0.1) is 0 Å². The number of aryl methyl sites for hydroxylation is 2. The van der Waals surface area contributed by atoms with Crippen molar-refractivity contribution in [3.05, 3.63) is 18.0 Å². The summed E-state index contributed by atoms with van der Waals surface area (Å²) in [6, 6.07) is 0. The molecule has 6 nitrogen and oxygen atoms in total. The van der Waals surface area contributed by atoms with Crippen molar-refractivity contribution in [1.82, 2.24) is 20.0 Å². The molecule has 1 atom stereocenters. The molecule has 1 aliphatic rings. The third-order valence-electron chi connectivity index (χ3n) is 3.93. The van der Waals surface area contributed by atoms with Crippen molar-refractivity contribution in [2.24, 2.45) is 5.92 Å². The molecule has 1 aliphatic heterocycles. The second kappa shape index (κ2) is 6.50. The minimum absolute atomic E-state index is 0.0169. The van der Waals surface area contributed by atoms with E-state index in [0.29, 0.717) is 19.5 Å². The van der Waals surface area contributed by atoms with E-state index < -0.39 is 0 Å². The van der Waals surface area contributed by atoms with E-state index >= 15 is 0 Å². The molecule has 0 unspecified atom stereocenters. The number of aromatic nitrogens is 2. The molecule has 1 aromatic rings. The van der Waals surface area contributed by atoms with Crippen LogP contribution >= 0.6 is 0 Å². The average Bonchev–Trinajstić information content (AvgIpc) is 3.00. The van der Waals surface area contributed by atoms with Crippen LogP contribution in [-0.4, -0.2) is 45.1 Å². The lowest BCUT2D eigenvalue weighted by atomic mass is 10.1. The normalized spacial score (nSPS) is 18.8. The minimum atomic E-state index is -0.223. The van der Waals surface area contributed by atoms with Crippen molar-refractivity contribution in [3.8, 4) is 0 Å². The van der Waals surface area contributed by atoms with E-state index in [4.69, 9.17) is 0 Å². The summed E-state index contributed by atoms with van der Waals surface area (Å²) in [4.78, 5) is 25.9. The Morgan fingerprint density at radius 1 is 1.45 bits per heavy atom. The van der Waals surface area contributed by atoms with Crippen LogP contribution in [0.25, 0.3) is 0 Å². The Morgan fingerprint density at radius 3 is 2.73 bits per heavy atom. The second-order valence-corrected chi connectivity index (χ2v) is 7.00. The van der Waals surface area contributed by atoms with Crippen molar-refractivity contribution < 1.29 is 9.59 Å². The molecule has 2 rings (SSSR count). The van der Waals surface area contributed by atoms with Crippen molar-refractivity contribution in [3.63, 3.8) is 0 Å². The van der Waals surface area contributed by atoms with Crippen LogP contribution < -0.4 is 5.32 Å². The fourth-order valence-electron chi connectivity index (χ4n) is 2.72. The van der Waals surface area contributed by atoms with Gasteiger partial charge in [0, 0.05) is 37.8 Å². The third-order valence-corrected chi connectivity index (χ3v) is 3.93. The number of hydrogen-bond donors (Lipinski definition) is 1. The van der Waals surface area contributed by atoms with Gasteiger partial charge < -0.3 is 10.2 Å². The molecule has 2 heterocycles. The first-order chi connectivity index (χ1) is 10.3. The van der Waals surface area contributed by atoms with Gasteiger partial charge in [0.2, 0.25) is 11.8 Å². The highest BCUT2D eigenvalue weighted by molar-refractivity contribution is 5.89. The molecular weight excluding hydrogens is 280 g/mol. The van der Waals surface area contributed by atoms with Gasteiger partial charge in [-0.2, -0.15) is 5.10 Å². The van der Waals surface area contributed by atoms with Crippen LogP contribution in [0.3, 0.4) is 0 Å². The Bertz CT molecular complexity index is 545. The summed E-state index contributed by atoms with van der Waals surface area (Å²) >= 11 is 0. The van der Waals surface area contributed by atoms with Crippen LogP contribution in [0, 0.1) is 12.8 Å². The van der Waals surface area contributed by atoms with E-state index in [-0.39, 0.29) is 23.3 Å². The highest BCUT2D eigenvalue weighted by Crippen LogP contribution is 2.25. The molecule has 1 N–H and O–H groups in total. The topological polar surface area (TPSA) is 67.2 Å². The standard InChI is InChI=1S/C16H26N4O2/c1-12-9-18-19(10-12)7-5-6-17-15(22)13-8-14(21)20(11-13)16(2,3)4/h9-10,13H,5-8,11H2,1-4H3,(H,17,22)/t13-/m1/s1. The van der Waals surface area contributed by atoms with Crippen LogP contribution in [0.5, 0.6) is 0 Å². The Labute approximate surface area is 131 Å². The van der Waals surface area contributed by atoms with Gasteiger partial charge >= 0.3 is 0 Å². The maximum atomic E-state index is 12.2. The summed E-state index contributed by atoms with van der Waals surface area (Å²) < 4.78 is 1.88. The van der Waals surface area contributed by atoms with Gasteiger partial charge in [0.05, 0.1) is 12.1 Å². The van der Waals surface area contributed by atoms with E-state index in [1.54, 1.807) is 4.90 Å². The number of rotatable bonds is 5. The first-order valence-corrected chi connectivity index (χ1v) is 7.84. The minimum Gasteiger partial charge on any atom is -0.356 e. The molecule has 22 heavy (non-hydrogen) atoms. The summed E-state index contributed by atoms with van der Waals surface area (Å²) in [5.74, 6) is -0.171. The smallest absolute Gasteiger partial charge is 0.225 e. The van der Waals surface area contributed by atoms with E-state index in [1.165, 1.54) is 0 Å². The number of amides is 2. The Morgan fingerprint density at radius 2 is 2.18 bits per heavy atom. The van der Waals surface area contributed by atoms with Gasteiger partial charge in [0.25, 0.3) is 0 Å². The summed E-state index contributed by atoms with van der Waals surface area (Å²) in [5.41, 5.74) is 0.917. The first-order valence-electron chi connectivity index (χ1n) is 7.84. The van der Waals surface area contributed by atoms with Gasteiger partial charge in [-0.25, -0.2) is 0 Å². The zero-order chi connectivity index (χ0) is 16.3. The van der Waals surface area contributed by atoms with E-state index in [0.717, 1.165) is 18.5 Å². The number of hydrogen-bond acceptors (Lipinski definition) is 3. The molecule has 1 aromatic heterocycles. The molecule has 1 saturated heterocycles. The number of likely N-dealkylation sites (tertiary alicyclic amines) is 1. The van der Waals surface area contributed by atoms with Crippen LogP contribution in [-0.2, 0) is 16.1 Å². The largest absolute Gasteiger partial charge is 0.356 e.